The third kappa shape index (κ3) is 3.09. The van der Waals surface area contributed by atoms with Gasteiger partial charge >= 0.3 is 0 Å². The molecule has 30 heavy (non-hydrogen) atoms. The fourth-order valence-electron chi connectivity index (χ4n) is 3.18. The van der Waals surface area contributed by atoms with E-state index < -0.39 is 33.4 Å². The number of halogens is 3. The average Bonchev–Trinajstić information content (AvgIpc) is 2.92. The predicted octanol–water partition coefficient (Wildman–Crippen LogP) is 3.52. The number of methoxy groups -OCH3 is 1. The highest BCUT2D eigenvalue weighted by Crippen LogP contribution is 2.36. The van der Waals surface area contributed by atoms with Crippen molar-refractivity contribution in [2.45, 2.75) is 11.4 Å². The first kappa shape index (κ1) is 19.9. The zero-order chi connectivity index (χ0) is 21.6. The van der Waals surface area contributed by atoms with Gasteiger partial charge in [-0.05, 0) is 41.5 Å². The van der Waals surface area contributed by atoms with Crippen molar-refractivity contribution >= 4 is 15.9 Å². The highest BCUT2D eigenvalue weighted by Gasteiger charge is 2.41. The minimum Gasteiger partial charge on any atom is -0.481 e. The van der Waals surface area contributed by atoms with Gasteiger partial charge < -0.3 is 4.74 Å². The van der Waals surface area contributed by atoms with Crippen LogP contribution in [0.1, 0.15) is 15.9 Å². The highest BCUT2D eigenvalue weighted by atomic mass is 32.2. The van der Waals surface area contributed by atoms with Crippen molar-refractivity contribution in [2.75, 3.05) is 7.11 Å². The monoisotopic (exact) mass is 434 g/mol. The first-order chi connectivity index (χ1) is 14.2. The third-order valence-electron chi connectivity index (χ3n) is 4.69. The van der Waals surface area contributed by atoms with Gasteiger partial charge in [-0.15, -0.1) is 0 Å². The van der Waals surface area contributed by atoms with E-state index in [1.54, 1.807) is 0 Å². The lowest BCUT2D eigenvalue weighted by Gasteiger charge is -2.15. The number of fused-ring (bicyclic) bond motifs is 1. The van der Waals surface area contributed by atoms with Gasteiger partial charge in [-0.3, -0.25) is 4.79 Å². The second-order valence-electron chi connectivity index (χ2n) is 6.46. The third-order valence-corrected chi connectivity index (χ3v) is 6.47. The number of rotatable bonds is 4. The first-order valence-electron chi connectivity index (χ1n) is 8.58. The molecule has 0 spiro atoms. The van der Waals surface area contributed by atoms with E-state index in [1.807, 2.05) is 0 Å². The molecule has 6 nitrogen and oxygen atoms in total. The molecular weight excluding hydrogens is 421 g/mol. The Balaban J connectivity index is 1.75. The van der Waals surface area contributed by atoms with Crippen molar-refractivity contribution in [1.82, 2.24) is 9.29 Å². The van der Waals surface area contributed by atoms with E-state index in [0.29, 0.717) is 9.87 Å². The minimum absolute atomic E-state index is 0.0427. The molecule has 1 aliphatic rings. The molecule has 1 aromatic heterocycles. The molecule has 0 aliphatic carbocycles. The van der Waals surface area contributed by atoms with Gasteiger partial charge in [0.2, 0.25) is 5.88 Å². The second-order valence-corrected chi connectivity index (χ2v) is 8.29. The Kier molecular flexibility index (Phi) is 4.73. The van der Waals surface area contributed by atoms with E-state index in [9.17, 15) is 26.4 Å². The van der Waals surface area contributed by atoms with Gasteiger partial charge in [-0.2, -0.15) is 0 Å². The van der Waals surface area contributed by atoms with E-state index in [1.165, 1.54) is 31.5 Å². The Morgan fingerprint density at radius 3 is 2.50 bits per heavy atom. The molecule has 154 valence electrons. The number of ether oxygens (including phenoxy) is 1. The number of benzene rings is 2. The van der Waals surface area contributed by atoms with Gasteiger partial charge in [-0.25, -0.2) is 30.9 Å². The van der Waals surface area contributed by atoms with E-state index in [-0.39, 0.29) is 34.0 Å². The van der Waals surface area contributed by atoms with Crippen LogP contribution in [-0.2, 0) is 16.6 Å². The molecule has 0 unspecified atom stereocenters. The van der Waals surface area contributed by atoms with Crippen molar-refractivity contribution in [2.24, 2.45) is 0 Å². The number of aromatic nitrogens is 1. The summed E-state index contributed by atoms with van der Waals surface area (Å²) in [5.74, 6) is -4.99. The Bertz CT molecular complexity index is 1300. The molecule has 0 saturated carbocycles. The topological polar surface area (TPSA) is 76.6 Å². The quantitative estimate of drug-likeness (QED) is 0.588. The predicted molar refractivity (Wildman–Crippen MR) is 99.6 cm³/mol. The molecule has 0 radical (unpaired) electrons. The number of carbonyl (C=O) groups is 1. The van der Waals surface area contributed by atoms with Crippen molar-refractivity contribution in [3.8, 4) is 17.0 Å². The lowest BCUT2D eigenvalue weighted by molar-refractivity contribution is 0.0865. The molecule has 4 rings (SSSR count). The van der Waals surface area contributed by atoms with Gasteiger partial charge in [0.05, 0.1) is 19.2 Å². The average molecular weight is 434 g/mol. The molecule has 2 heterocycles. The summed E-state index contributed by atoms with van der Waals surface area (Å²) < 4.78 is 72.3. The van der Waals surface area contributed by atoms with E-state index in [0.717, 1.165) is 24.3 Å². The number of hydrogen-bond donors (Lipinski definition) is 0. The summed E-state index contributed by atoms with van der Waals surface area (Å²) >= 11 is 0. The summed E-state index contributed by atoms with van der Waals surface area (Å²) in [6.45, 7) is -0.260. The molecule has 1 aliphatic heterocycles. The number of hydrogen-bond acceptors (Lipinski definition) is 5. The maximum atomic E-state index is 14.1. The van der Waals surface area contributed by atoms with Crippen LogP contribution in [-0.4, -0.2) is 30.7 Å². The number of amides is 1. The van der Waals surface area contributed by atoms with Crippen LogP contribution in [0.25, 0.3) is 11.1 Å². The number of pyridine rings is 1. The van der Waals surface area contributed by atoms with Crippen LogP contribution in [0.4, 0.5) is 13.2 Å². The standard InChI is InChI=1S/C20H13F3N2O4S/c1-29-17-8-11(6-7-24-17)10-25-20(26)14-9-12(2-5-16(14)30(25,27)28)13-3-4-15(21)19(23)18(13)22/h2-9H,10H2,1H3. The van der Waals surface area contributed by atoms with E-state index >= 15 is 0 Å². The summed E-state index contributed by atoms with van der Waals surface area (Å²) in [5, 5.41) is 0. The Labute approximate surface area is 169 Å². The van der Waals surface area contributed by atoms with Crippen molar-refractivity contribution in [3.05, 3.63) is 77.2 Å². The number of carbonyl (C=O) groups excluding carboxylic acids is 1. The van der Waals surface area contributed by atoms with Crippen molar-refractivity contribution in [1.29, 1.82) is 0 Å². The van der Waals surface area contributed by atoms with Gasteiger partial charge in [0, 0.05) is 17.8 Å². The van der Waals surface area contributed by atoms with Crippen LogP contribution in [0.5, 0.6) is 5.88 Å². The van der Waals surface area contributed by atoms with E-state index in [2.05, 4.69) is 4.98 Å². The van der Waals surface area contributed by atoms with E-state index in [4.69, 9.17) is 4.74 Å². The normalized spacial score (nSPS) is 14.7. The van der Waals surface area contributed by atoms with Crippen LogP contribution in [0, 0.1) is 17.5 Å². The molecule has 1 amide bonds. The van der Waals surface area contributed by atoms with Crippen LogP contribution in [0.15, 0.2) is 53.6 Å². The molecule has 2 aromatic carbocycles. The summed E-state index contributed by atoms with van der Waals surface area (Å²) in [7, 11) is -2.74. The van der Waals surface area contributed by atoms with Crippen LogP contribution in [0.2, 0.25) is 0 Å². The Morgan fingerprint density at radius 2 is 1.77 bits per heavy atom. The Morgan fingerprint density at radius 1 is 1.00 bits per heavy atom. The minimum atomic E-state index is -4.14. The first-order valence-corrected chi connectivity index (χ1v) is 10.0. The zero-order valence-corrected chi connectivity index (χ0v) is 16.2. The van der Waals surface area contributed by atoms with Gasteiger partial charge in [0.25, 0.3) is 15.9 Å². The SMILES string of the molecule is COc1cc(CN2C(=O)c3cc(-c4ccc(F)c(F)c4F)ccc3S2(=O)=O)ccn1. The molecule has 3 aromatic rings. The zero-order valence-electron chi connectivity index (χ0n) is 15.4. The second kappa shape index (κ2) is 7.13. The molecule has 0 saturated heterocycles. The number of nitrogens with zero attached hydrogens (tertiary/aromatic N) is 2. The van der Waals surface area contributed by atoms with Crippen molar-refractivity contribution < 1.29 is 31.1 Å². The van der Waals surface area contributed by atoms with Crippen LogP contribution in [0.3, 0.4) is 0 Å². The fourth-order valence-corrected chi connectivity index (χ4v) is 4.72. The summed E-state index contributed by atoms with van der Waals surface area (Å²) in [6.07, 6.45) is 1.42. The summed E-state index contributed by atoms with van der Waals surface area (Å²) in [4.78, 5) is 16.5. The molecule has 10 heteroatoms. The van der Waals surface area contributed by atoms with Gasteiger partial charge in [-0.1, -0.05) is 6.07 Å². The van der Waals surface area contributed by atoms with Crippen LogP contribution < -0.4 is 4.74 Å². The lowest BCUT2D eigenvalue weighted by atomic mass is 10.0. The smallest absolute Gasteiger partial charge is 0.269 e. The molecule has 0 atom stereocenters. The molecule has 0 fully saturated rings. The van der Waals surface area contributed by atoms with Crippen LogP contribution >= 0.6 is 0 Å². The maximum Gasteiger partial charge on any atom is 0.269 e. The highest BCUT2D eigenvalue weighted by molar-refractivity contribution is 7.90. The summed E-state index contributed by atoms with van der Waals surface area (Å²) in [6, 6.07) is 8.33. The molecular formula is C20H13F3N2O4S. The lowest BCUT2D eigenvalue weighted by Crippen LogP contribution is -2.29. The maximum absolute atomic E-state index is 14.1. The molecule has 0 N–H and O–H groups in total. The van der Waals surface area contributed by atoms with Crippen molar-refractivity contribution in [3.63, 3.8) is 0 Å². The Hall–Kier alpha value is -3.40. The molecule has 0 bridgehead atoms. The number of sulfonamides is 1. The fraction of sp³-hybridized carbons (Fsp3) is 0.100. The van der Waals surface area contributed by atoms with Gasteiger partial charge in [0.15, 0.2) is 17.5 Å². The largest absolute Gasteiger partial charge is 0.481 e. The van der Waals surface area contributed by atoms with Gasteiger partial charge in [0.1, 0.15) is 4.90 Å². The summed E-state index contributed by atoms with van der Waals surface area (Å²) in [5.41, 5.74) is 0.0384.